The molecule has 1 aliphatic heterocycles. The third-order valence-electron chi connectivity index (χ3n) is 9.70. The summed E-state index contributed by atoms with van der Waals surface area (Å²) in [7, 11) is -0.797. The Balaban J connectivity index is 0.000000370. The van der Waals surface area contributed by atoms with E-state index >= 15 is 0 Å². The molecule has 51 heavy (non-hydrogen) atoms. The average molecular weight is 894 g/mol. The monoisotopic (exact) mass is 893 g/mol. The van der Waals surface area contributed by atoms with Gasteiger partial charge in [-0.3, -0.25) is 0 Å². The van der Waals surface area contributed by atoms with Crippen molar-refractivity contribution in [2.45, 2.75) is 120 Å². The molecule has 0 atom stereocenters. The number of halogens is 2. The predicted molar refractivity (Wildman–Crippen MR) is 213 cm³/mol. The van der Waals surface area contributed by atoms with E-state index in [9.17, 15) is 0 Å². The van der Waals surface area contributed by atoms with Crippen molar-refractivity contribution in [3.05, 3.63) is 85.3 Å². The molecule has 0 radical (unpaired) electrons. The molecule has 4 aliphatic rings. The molecule has 3 saturated carbocycles. The summed E-state index contributed by atoms with van der Waals surface area (Å²) in [5.41, 5.74) is 4.71. The summed E-state index contributed by atoms with van der Waals surface area (Å²) in [6.07, 6.45) is 27.7. The molecule has 0 saturated heterocycles. The first-order valence-corrected chi connectivity index (χ1v) is 25.5. The quantitative estimate of drug-likeness (QED) is 0.109. The summed E-state index contributed by atoms with van der Waals surface area (Å²) in [5, 5.41) is 0.194. The van der Waals surface area contributed by atoms with Crippen LogP contribution in [0.15, 0.2) is 73.1 Å². The molecular weight excluding hydrogens is 832 g/mol. The predicted octanol–water partition coefficient (Wildman–Crippen LogP) is 6.19. The van der Waals surface area contributed by atoms with E-state index in [1.807, 2.05) is 89.6 Å². The van der Waals surface area contributed by atoms with E-state index in [1.54, 1.807) is 121 Å². The van der Waals surface area contributed by atoms with Crippen LogP contribution in [0.2, 0.25) is 0 Å². The molecule has 1 heterocycles. The molecule has 6 rings (SSSR count). The van der Waals surface area contributed by atoms with Crippen molar-refractivity contribution in [2.24, 2.45) is 0 Å². The average Bonchev–Trinajstić information content (AvgIpc) is 3.56. The maximum absolute atomic E-state index is 9.11. The van der Waals surface area contributed by atoms with Crippen LogP contribution in [0, 0.1) is 6.67 Å². The van der Waals surface area contributed by atoms with Crippen LogP contribution in [0.5, 0.6) is 0 Å². The number of benzene rings is 2. The summed E-state index contributed by atoms with van der Waals surface area (Å²) in [6.45, 7) is 2.66. The normalized spacial score (nSPS) is 18.5. The van der Waals surface area contributed by atoms with Crippen LogP contribution in [0.4, 0.5) is 0 Å². The molecule has 2 aromatic carbocycles. The second-order valence-corrected chi connectivity index (χ2v) is 20.4. The van der Waals surface area contributed by atoms with Crippen molar-refractivity contribution < 1.29 is 50.5 Å². The van der Waals surface area contributed by atoms with Crippen LogP contribution in [0.3, 0.4) is 0 Å². The second-order valence-electron chi connectivity index (χ2n) is 13.5. The Hall–Kier alpha value is -0.433. The van der Waals surface area contributed by atoms with E-state index in [1.165, 1.54) is 17.0 Å². The van der Waals surface area contributed by atoms with Gasteiger partial charge in [0.15, 0.2) is 0 Å². The second kappa shape index (κ2) is 27.2. The molecule has 0 bridgehead atoms. The molecule has 2 aromatic rings. The maximum Gasteiger partial charge on any atom is -0.0623 e. The molecule has 0 spiro atoms. The summed E-state index contributed by atoms with van der Waals surface area (Å²) in [6, 6.07) is 18.6. The van der Waals surface area contributed by atoms with Gasteiger partial charge in [-0.2, -0.15) is 6.67 Å². The summed E-state index contributed by atoms with van der Waals surface area (Å²) >= 11 is 1.82. The number of rotatable bonds is 7. The fourth-order valence-electron chi connectivity index (χ4n) is 7.33. The van der Waals surface area contributed by atoms with Gasteiger partial charge in [-0.15, -0.1) is 12.4 Å². The van der Waals surface area contributed by atoms with E-state index in [0.717, 1.165) is 12.7 Å². The van der Waals surface area contributed by atoms with Gasteiger partial charge in [0.25, 0.3) is 0 Å². The first-order chi connectivity index (χ1) is 24.0. The zero-order valence-electron chi connectivity index (χ0n) is 30.2. The van der Waals surface area contributed by atoms with Crippen LogP contribution < -0.4 is 5.19 Å². The SMILES string of the molecule is C1CCC([PH+](C2CCCCC2)C2CCCCC2)CC1.CN1C=CN(Cc2ccc([Si](O)(O)O)cc2)[CH-]1.CO[Si](O)(O)O.Cl.[Cl][Ru+].c1ccccc1. The smallest absolute Gasteiger partial charge is 0.0623 e. The molecule has 6 N–H and O–H groups in total. The molecule has 3 aliphatic carbocycles. The summed E-state index contributed by atoms with van der Waals surface area (Å²) in [4.78, 5) is 54.9. The molecule has 15 heteroatoms. The zero-order chi connectivity index (χ0) is 36.8. The standard InChI is InChI=1S/C18H33P.C11H15N2O3Si.C6H6.CH6O4Si.2ClH.Ru/c1-4-10-16(11-5-1)19(17-12-6-2-7-13-17)18-14-8-3-9-15-18;1-12-6-7-13(9-12)8-10-2-4-11(5-3-10)17(14,15)16;1-2-4-6-5-3-1;1-5-6(2,3)4;;;/h16-18H,1-15H2;2-7,9,14-16H,8H2,1H3;1-6H;2-4H,1H3;2*1H;/q;-1;;;;;+2. The van der Waals surface area contributed by atoms with Crippen LogP contribution in [-0.2, 0) is 28.3 Å². The van der Waals surface area contributed by atoms with Gasteiger partial charge in [0.05, 0.1) is 17.0 Å². The van der Waals surface area contributed by atoms with Crippen LogP contribution >= 0.6 is 30.0 Å². The number of hydrogen-bond donors (Lipinski definition) is 6. The Morgan fingerprint density at radius 3 is 1.31 bits per heavy atom. The molecule has 9 nitrogen and oxygen atoms in total. The Morgan fingerprint density at radius 1 is 0.686 bits per heavy atom. The van der Waals surface area contributed by atoms with Crippen LogP contribution in [0.25, 0.3) is 0 Å². The van der Waals surface area contributed by atoms with Crippen LogP contribution in [0.1, 0.15) is 102 Å². The Kier molecular flexibility index (Phi) is 25.9. The van der Waals surface area contributed by atoms with Crippen molar-refractivity contribution in [3.63, 3.8) is 0 Å². The van der Waals surface area contributed by atoms with Crippen molar-refractivity contribution in [1.82, 2.24) is 9.80 Å². The number of nitrogens with zero attached hydrogens (tertiary/aromatic N) is 2. The van der Waals surface area contributed by atoms with E-state index in [-0.39, 0.29) is 25.5 Å². The van der Waals surface area contributed by atoms with Crippen molar-refractivity contribution in [3.8, 4) is 0 Å². The largest absolute Gasteiger partial charge is 0.0623 e. The molecular formula is C36H62Cl2N2O7PRuSi2+. The van der Waals surface area contributed by atoms with Gasteiger partial charge >= 0.3 is 44.9 Å². The maximum atomic E-state index is 9.11. The van der Waals surface area contributed by atoms with Gasteiger partial charge in [-0.25, -0.2) is 0 Å². The van der Waals surface area contributed by atoms with Crippen molar-refractivity contribution in [2.75, 3.05) is 14.2 Å². The molecule has 0 unspecified atom stereocenters. The van der Waals surface area contributed by atoms with Gasteiger partial charge in [0, 0.05) is 26.8 Å². The number of hydrogen-bond acceptors (Lipinski definition) is 9. The fourth-order valence-corrected chi connectivity index (χ4v) is 13.2. The Morgan fingerprint density at radius 2 is 1.04 bits per heavy atom. The van der Waals surface area contributed by atoms with Gasteiger partial charge in [-0.1, -0.05) is 79.9 Å². The third kappa shape index (κ3) is 20.7. The first-order valence-electron chi connectivity index (χ1n) is 18.0. The minimum Gasteiger partial charge on any atom is -0.0623 e. The van der Waals surface area contributed by atoms with Gasteiger partial charge in [-0.05, 0) is 102 Å². The topological polar surface area (TPSA) is 137 Å². The van der Waals surface area contributed by atoms with E-state index < -0.39 is 17.9 Å². The molecule has 292 valence electrons. The van der Waals surface area contributed by atoms with Gasteiger partial charge in [0.1, 0.15) is 0 Å². The minimum absolute atomic E-state index is 0. The Labute approximate surface area is 330 Å². The molecule has 0 aromatic heterocycles. The Bertz CT molecular complexity index is 1080. The molecule has 0 amide bonds. The first kappa shape index (κ1) is 48.6. The van der Waals surface area contributed by atoms with E-state index in [0.29, 0.717) is 6.54 Å². The summed E-state index contributed by atoms with van der Waals surface area (Å²) < 4.78 is 3.74. The van der Waals surface area contributed by atoms with Gasteiger partial charge < -0.3 is 43.0 Å². The van der Waals surface area contributed by atoms with Gasteiger partial charge in [0.2, 0.25) is 0 Å². The van der Waals surface area contributed by atoms with Crippen molar-refractivity contribution >= 4 is 53.1 Å². The third-order valence-corrected chi connectivity index (χ3v) is 15.9. The van der Waals surface area contributed by atoms with E-state index in [2.05, 4.69) is 14.1 Å². The fraction of sp³-hybridized carbons (Fsp3) is 0.583. The van der Waals surface area contributed by atoms with Crippen molar-refractivity contribution in [1.29, 1.82) is 0 Å². The zero-order valence-corrected chi connectivity index (χ0v) is 36.5. The molecule has 3 fully saturated rings. The van der Waals surface area contributed by atoms with E-state index in [4.69, 9.17) is 28.8 Å². The van der Waals surface area contributed by atoms with Crippen LogP contribution in [-0.4, -0.2) is 87.6 Å². The summed E-state index contributed by atoms with van der Waals surface area (Å²) in [5.74, 6) is 0. The minimum atomic E-state index is -4.16.